The van der Waals surface area contributed by atoms with Gasteiger partial charge in [-0.15, -0.1) is 0 Å². The molecule has 0 saturated carbocycles. The van der Waals surface area contributed by atoms with Crippen molar-refractivity contribution in [3.05, 3.63) is 24.3 Å². The lowest BCUT2D eigenvalue weighted by molar-refractivity contribution is -0.135. The summed E-state index contributed by atoms with van der Waals surface area (Å²) < 4.78 is 35.3. The van der Waals surface area contributed by atoms with Gasteiger partial charge in [0.2, 0.25) is 0 Å². The molecule has 0 radical (unpaired) electrons. The van der Waals surface area contributed by atoms with Crippen molar-refractivity contribution >= 4 is 0 Å². The van der Waals surface area contributed by atoms with E-state index in [1.165, 1.54) is 0 Å². The molecule has 0 amide bonds. The molecule has 6 heteroatoms. The van der Waals surface area contributed by atoms with Crippen molar-refractivity contribution in [1.29, 1.82) is 0 Å². The molecule has 1 aromatic heterocycles. The van der Waals surface area contributed by atoms with E-state index >= 15 is 0 Å². The summed E-state index contributed by atoms with van der Waals surface area (Å²) in [4.78, 5) is 7.86. The second-order valence-electron chi connectivity index (χ2n) is 3.06. The number of hydrogen-bond acceptors (Lipinski definition) is 3. The first-order valence-corrected chi connectivity index (χ1v) is 4.61. The van der Waals surface area contributed by atoms with E-state index in [0.717, 1.165) is 0 Å². The van der Waals surface area contributed by atoms with Crippen LogP contribution in [0.15, 0.2) is 18.5 Å². The van der Waals surface area contributed by atoms with Gasteiger partial charge in [-0.3, -0.25) is 0 Å². The normalized spacial score (nSPS) is 11.7. The molecular weight excluding hydrogens is 207 g/mol. The molecule has 0 aliphatic rings. The maximum Gasteiger partial charge on any atom is 0.389 e. The molecule has 0 aromatic carbocycles. The van der Waals surface area contributed by atoms with Crippen LogP contribution in [0.25, 0.3) is 0 Å². The first kappa shape index (κ1) is 11.9. The fourth-order valence-electron chi connectivity index (χ4n) is 1.04. The molecule has 0 bridgehead atoms. The lowest BCUT2D eigenvalue weighted by Crippen LogP contribution is -2.18. The molecule has 1 N–H and O–H groups in total. The summed E-state index contributed by atoms with van der Waals surface area (Å²) in [6, 6.07) is 1.69. The summed E-state index contributed by atoms with van der Waals surface area (Å²) in [6.07, 6.45) is -1.55. The molecule has 0 aliphatic carbocycles. The zero-order valence-electron chi connectivity index (χ0n) is 8.09. The number of halogens is 3. The van der Waals surface area contributed by atoms with E-state index in [1.54, 1.807) is 18.5 Å². The number of aromatic nitrogens is 2. The van der Waals surface area contributed by atoms with Crippen molar-refractivity contribution in [2.75, 3.05) is 6.54 Å². The molecule has 0 aliphatic heterocycles. The van der Waals surface area contributed by atoms with E-state index in [0.29, 0.717) is 18.9 Å². The summed E-state index contributed by atoms with van der Waals surface area (Å²) in [6.45, 7) is 0.719. The topological polar surface area (TPSA) is 37.8 Å². The molecule has 1 heterocycles. The molecule has 0 atom stereocenters. The van der Waals surface area contributed by atoms with Crippen molar-refractivity contribution in [2.24, 2.45) is 0 Å². The highest BCUT2D eigenvalue weighted by Crippen LogP contribution is 2.20. The summed E-state index contributed by atoms with van der Waals surface area (Å²) in [5.41, 5.74) is 0. The molecule has 1 rings (SSSR count). The summed E-state index contributed by atoms with van der Waals surface area (Å²) in [7, 11) is 0. The predicted molar refractivity (Wildman–Crippen MR) is 49.0 cm³/mol. The van der Waals surface area contributed by atoms with Crippen LogP contribution < -0.4 is 5.32 Å². The molecule has 0 spiro atoms. The number of alkyl halides is 3. The van der Waals surface area contributed by atoms with E-state index in [2.05, 4.69) is 15.3 Å². The Morgan fingerprint density at radius 3 is 2.47 bits per heavy atom. The first-order valence-electron chi connectivity index (χ1n) is 4.61. The molecule has 0 unspecified atom stereocenters. The lowest BCUT2D eigenvalue weighted by Gasteiger charge is -2.06. The van der Waals surface area contributed by atoms with Gasteiger partial charge in [-0.05, 0) is 19.0 Å². The van der Waals surface area contributed by atoms with Crippen LogP contribution in [0, 0.1) is 0 Å². The van der Waals surface area contributed by atoms with Crippen molar-refractivity contribution in [2.45, 2.75) is 25.6 Å². The SMILES string of the molecule is FC(F)(F)CCCNCc1ncccn1. The van der Waals surface area contributed by atoms with Gasteiger partial charge in [-0.2, -0.15) is 13.2 Å². The second-order valence-corrected chi connectivity index (χ2v) is 3.06. The van der Waals surface area contributed by atoms with Crippen LogP contribution in [0.5, 0.6) is 0 Å². The highest BCUT2D eigenvalue weighted by atomic mass is 19.4. The van der Waals surface area contributed by atoms with Crippen molar-refractivity contribution < 1.29 is 13.2 Å². The van der Waals surface area contributed by atoms with Crippen LogP contribution in [0.4, 0.5) is 13.2 Å². The largest absolute Gasteiger partial charge is 0.389 e. The van der Waals surface area contributed by atoms with Crippen molar-refractivity contribution in [1.82, 2.24) is 15.3 Å². The average molecular weight is 219 g/mol. The Bertz CT molecular complexity index is 274. The molecule has 15 heavy (non-hydrogen) atoms. The monoisotopic (exact) mass is 219 g/mol. The fourth-order valence-corrected chi connectivity index (χ4v) is 1.04. The maximum absolute atomic E-state index is 11.8. The van der Waals surface area contributed by atoms with Crippen LogP contribution in [-0.2, 0) is 6.54 Å². The number of hydrogen-bond donors (Lipinski definition) is 1. The number of nitrogens with zero attached hydrogens (tertiary/aromatic N) is 2. The minimum absolute atomic E-state index is 0.0797. The average Bonchev–Trinajstić information content (AvgIpc) is 2.17. The Balaban J connectivity index is 2.08. The molecule has 0 saturated heterocycles. The van der Waals surface area contributed by atoms with E-state index < -0.39 is 12.6 Å². The lowest BCUT2D eigenvalue weighted by atomic mass is 10.3. The van der Waals surface area contributed by atoms with E-state index in [-0.39, 0.29) is 6.42 Å². The highest BCUT2D eigenvalue weighted by Gasteiger charge is 2.25. The standard InChI is InChI=1S/C9H12F3N3/c10-9(11,12)3-1-4-13-7-8-14-5-2-6-15-8/h2,5-6,13H,1,3-4,7H2. The Morgan fingerprint density at radius 1 is 1.20 bits per heavy atom. The van der Waals surface area contributed by atoms with Crippen LogP contribution in [0.2, 0.25) is 0 Å². The van der Waals surface area contributed by atoms with Gasteiger partial charge in [0.05, 0.1) is 6.54 Å². The third-order valence-corrected chi connectivity index (χ3v) is 1.72. The predicted octanol–water partition coefficient (Wildman–Crippen LogP) is 1.91. The third kappa shape index (κ3) is 6.01. The molecule has 84 valence electrons. The number of nitrogens with one attached hydrogen (secondary N) is 1. The minimum atomic E-state index is -4.06. The summed E-state index contributed by atoms with van der Waals surface area (Å²) in [5.74, 6) is 0.588. The van der Waals surface area contributed by atoms with E-state index in [1.807, 2.05) is 0 Å². The Morgan fingerprint density at radius 2 is 1.87 bits per heavy atom. The second kappa shape index (κ2) is 5.65. The zero-order chi connectivity index (χ0) is 11.1. The van der Waals surface area contributed by atoms with Crippen LogP contribution in [0.3, 0.4) is 0 Å². The third-order valence-electron chi connectivity index (χ3n) is 1.72. The Hall–Kier alpha value is -1.17. The van der Waals surface area contributed by atoms with Gasteiger partial charge < -0.3 is 5.32 Å². The molecular formula is C9H12F3N3. The van der Waals surface area contributed by atoms with Crippen LogP contribution in [-0.4, -0.2) is 22.7 Å². The number of rotatable bonds is 5. The first-order chi connectivity index (χ1) is 7.08. The zero-order valence-corrected chi connectivity index (χ0v) is 8.09. The quantitative estimate of drug-likeness (QED) is 0.769. The van der Waals surface area contributed by atoms with Gasteiger partial charge in [0.1, 0.15) is 5.82 Å². The summed E-state index contributed by atoms with van der Waals surface area (Å²) >= 11 is 0. The van der Waals surface area contributed by atoms with Crippen LogP contribution >= 0.6 is 0 Å². The minimum Gasteiger partial charge on any atom is -0.310 e. The smallest absolute Gasteiger partial charge is 0.310 e. The van der Waals surface area contributed by atoms with E-state index in [9.17, 15) is 13.2 Å². The summed E-state index contributed by atoms with van der Waals surface area (Å²) in [5, 5.41) is 2.85. The van der Waals surface area contributed by atoms with Gasteiger partial charge in [0.15, 0.2) is 0 Å². The Labute approximate surface area is 85.7 Å². The molecule has 3 nitrogen and oxygen atoms in total. The van der Waals surface area contributed by atoms with Gasteiger partial charge >= 0.3 is 6.18 Å². The highest BCUT2D eigenvalue weighted by molar-refractivity contribution is 4.87. The van der Waals surface area contributed by atoms with Crippen molar-refractivity contribution in [3.8, 4) is 0 Å². The Kier molecular flexibility index (Phi) is 4.48. The van der Waals surface area contributed by atoms with Gasteiger partial charge in [-0.25, -0.2) is 9.97 Å². The van der Waals surface area contributed by atoms with Crippen molar-refractivity contribution in [3.63, 3.8) is 0 Å². The van der Waals surface area contributed by atoms with Gasteiger partial charge in [0, 0.05) is 18.8 Å². The van der Waals surface area contributed by atoms with Crippen LogP contribution in [0.1, 0.15) is 18.7 Å². The molecule has 0 fully saturated rings. The fraction of sp³-hybridized carbons (Fsp3) is 0.556. The van der Waals surface area contributed by atoms with E-state index in [4.69, 9.17) is 0 Å². The van der Waals surface area contributed by atoms with Gasteiger partial charge in [-0.1, -0.05) is 0 Å². The van der Waals surface area contributed by atoms with Gasteiger partial charge in [0.25, 0.3) is 0 Å². The molecule has 1 aromatic rings. The maximum atomic E-state index is 11.8.